The molecule has 3 aromatic carbocycles. The standard InChI is InChI=1S/C20H18N2O3S/c1-2-13-21-20(23)18-9-5-6-10-19(18)22-26(24,25)17-12-11-15-7-3-4-8-16(15)14-17/h2-12,14,22H,1,13H2,(H,21,23). The predicted octanol–water partition coefficient (Wildman–Crippen LogP) is 3.56. The first kappa shape index (κ1) is 17.7. The Hall–Kier alpha value is -3.12. The SMILES string of the molecule is C=CCNC(=O)c1ccccc1NS(=O)(=O)c1ccc2ccccc2c1. The summed E-state index contributed by atoms with van der Waals surface area (Å²) in [6, 6.07) is 18.9. The second-order valence-corrected chi connectivity index (χ2v) is 7.34. The van der Waals surface area contributed by atoms with Crippen LogP contribution < -0.4 is 10.0 Å². The van der Waals surface area contributed by atoms with Crippen molar-refractivity contribution in [2.75, 3.05) is 11.3 Å². The Morgan fingerprint density at radius 2 is 1.65 bits per heavy atom. The molecule has 1 amide bonds. The first-order valence-corrected chi connectivity index (χ1v) is 9.49. The molecule has 0 heterocycles. The summed E-state index contributed by atoms with van der Waals surface area (Å²) in [6.45, 7) is 3.84. The number of amides is 1. The van der Waals surface area contributed by atoms with Crippen LogP contribution in [0.2, 0.25) is 0 Å². The summed E-state index contributed by atoms with van der Waals surface area (Å²) in [4.78, 5) is 12.4. The molecule has 0 saturated carbocycles. The van der Waals surface area contributed by atoms with Gasteiger partial charge in [0.25, 0.3) is 15.9 Å². The van der Waals surface area contributed by atoms with Crippen LogP contribution in [0.1, 0.15) is 10.4 Å². The minimum Gasteiger partial charge on any atom is -0.349 e. The molecule has 6 heteroatoms. The van der Waals surface area contributed by atoms with Gasteiger partial charge in [0.15, 0.2) is 0 Å². The lowest BCUT2D eigenvalue weighted by molar-refractivity contribution is 0.0959. The van der Waals surface area contributed by atoms with Gasteiger partial charge in [0, 0.05) is 6.54 Å². The van der Waals surface area contributed by atoms with Gasteiger partial charge in [0.2, 0.25) is 0 Å². The third kappa shape index (κ3) is 3.75. The van der Waals surface area contributed by atoms with Crippen molar-refractivity contribution in [3.05, 3.63) is 84.9 Å². The molecule has 3 rings (SSSR count). The summed E-state index contributed by atoms with van der Waals surface area (Å²) >= 11 is 0. The lowest BCUT2D eigenvalue weighted by Crippen LogP contribution is -2.25. The zero-order valence-corrected chi connectivity index (χ0v) is 14.8. The fourth-order valence-corrected chi connectivity index (χ4v) is 3.68. The highest BCUT2D eigenvalue weighted by Crippen LogP contribution is 2.23. The number of hydrogen-bond acceptors (Lipinski definition) is 3. The summed E-state index contributed by atoms with van der Waals surface area (Å²) in [5.74, 6) is -0.373. The van der Waals surface area contributed by atoms with Gasteiger partial charge in [-0.2, -0.15) is 0 Å². The summed E-state index contributed by atoms with van der Waals surface area (Å²) in [5, 5.41) is 4.43. The number of fused-ring (bicyclic) bond motifs is 1. The van der Waals surface area contributed by atoms with Gasteiger partial charge in [-0.15, -0.1) is 6.58 Å². The van der Waals surface area contributed by atoms with Crippen molar-refractivity contribution >= 4 is 32.4 Å². The molecule has 0 spiro atoms. The number of para-hydroxylation sites is 1. The van der Waals surface area contributed by atoms with E-state index in [2.05, 4.69) is 16.6 Å². The molecule has 0 aliphatic heterocycles. The lowest BCUT2D eigenvalue weighted by Gasteiger charge is -2.13. The lowest BCUT2D eigenvalue weighted by atomic mass is 10.1. The molecule has 2 N–H and O–H groups in total. The molecule has 0 unspecified atom stereocenters. The van der Waals surface area contributed by atoms with Crippen molar-refractivity contribution in [3.8, 4) is 0 Å². The number of nitrogens with one attached hydrogen (secondary N) is 2. The number of hydrogen-bond donors (Lipinski definition) is 2. The minimum absolute atomic E-state index is 0.137. The number of carbonyl (C=O) groups excluding carboxylic acids is 1. The molecule has 3 aromatic rings. The number of carbonyl (C=O) groups is 1. The van der Waals surface area contributed by atoms with Gasteiger partial charge in [-0.25, -0.2) is 8.42 Å². The van der Waals surface area contributed by atoms with Gasteiger partial charge in [-0.3, -0.25) is 9.52 Å². The third-order valence-corrected chi connectivity index (χ3v) is 5.22. The monoisotopic (exact) mass is 366 g/mol. The Morgan fingerprint density at radius 3 is 2.42 bits per heavy atom. The van der Waals surface area contributed by atoms with Gasteiger partial charge < -0.3 is 5.32 Å². The molecule has 0 fully saturated rings. The molecule has 5 nitrogen and oxygen atoms in total. The van der Waals surface area contributed by atoms with Crippen LogP contribution >= 0.6 is 0 Å². The molecule has 26 heavy (non-hydrogen) atoms. The molecular weight excluding hydrogens is 348 g/mol. The average Bonchev–Trinajstić information content (AvgIpc) is 2.66. The predicted molar refractivity (Wildman–Crippen MR) is 104 cm³/mol. The number of anilines is 1. The van der Waals surface area contributed by atoms with Crippen LogP contribution in [0.25, 0.3) is 10.8 Å². The highest BCUT2D eigenvalue weighted by atomic mass is 32.2. The average molecular weight is 366 g/mol. The van der Waals surface area contributed by atoms with E-state index in [-0.39, 0.29) is 22.1 Å². The number of benzene rings is 3. The fraction of sp³-hybridized carbons (Fsp3) is 0.0500. The van der Waals surface area contributed by atoms with Crippen LogP contribution in [0.3, 0.4) is 0 Å². The van der Waals surface area contributed by atoms with E-state index in [4.69, 9.17) is 0 Å². The molecule has 0 radical (unpaired) electrons. The van der Waals surface area contributed by atoms with Crippen LogP contribution in [0.4, 0.5) is 5.69 Å². The molecule has 132 valence electrons. The summed E-state index contributed by atoms with van der Waals surface area (Å²) in [6.07, 6.45) is 1.56. The molecule has 0 aromatic heterocycles. The van der Waals surface area contributed by atoms with Crippen molar-refractivity contribution in [3.63, 3.8) is 0 Å². The van der Waals surface area contributed by atoms with Gasteiger partial charge in [0.05, 0.1) is 16.1 Å². The first-order chi connectivity index (χ1) is 12.5. The van der Waals surface area contributed by atoms with Gasteiger partial charge in [-0.1, -0.05) is 48.5 Å². The van der Waals surface area contributed by atoms with Crippen molar-refractivity contribution < 1.29 is 13.2 Å². The maximum absolute atomic E-state index is 12.8. The molecule has 0 saturated heterocycles. The molecule has 0 aliphatic rings. The second kappa shape index (κ2) is 7.41. The first-order valence-electron chi connectivity index (χ1n) is 8.01. The smallest absolute Gasteiger partial charge is 0.261 e. The van der Waals surface area contributed by atoms with Crippen molar-refractivity contribution in [1.82, 2.24) is 5.32 Å². The van der Waals surface area contributed by atoms with Crippen molar-refractivity contribution in [1.29, 1.82) is 0 Å². The van der Waals surface area contributed by atoms with Crippen LogP contribution in [0, 0.1) is 0 Å². The highest BCUT2D eigenvalue weighted by molar-refractivity contribution is 7.92. The Bertz CT molecular complexity index is 1080. The number of rotatable bonds is 6. The molecule has 0 aliphatic carbocycles. The molecule has 0 bridgehead atoms. The second-order valence-electron chi connectivity index (χ2n) is 5.66. The van der Waals surface area contributed by atoms with Crippen LogP contribution in [-0.4, -0.2) is 20.9 Å². The quantitative estimate of drug-likeness (QED) is 0.655. The third-order valence-electron chi connectivity index (χ3n) is 3.85. The van der Waals surface area contributed by atoms with E-state index in [1.165, 1.54) is 0 Å². The van der Waals surface area contributed by atoms with E-state index >= 15 is 0 Å². The Labute approximate surface area is 152 Å². The fourth-order valence-electron chi connectivity index (χ4n) is 2.57. The Morgan fingerprint density at radius 1 is 0.962 bits per heavy atom. The maximum atomic E-state index is 12.8. The summed E-state index contributed by atoms with van der Waals surface area (Å²) < 4.78 is 28.1. The minimum atomic E-state index is -3.83. The summed E-state index contributed by atoms with van der Waals surface area (Å²) in [7, 11) is -3.83. The Kier molecular flexibility index (Phi) is 5.04. The van der Waals surface area contributed by atoms with E-state index in [0.29, 0.717) is 6.54 Å². The summed E-state index contributed by atoms with van der Waals surface area (Å²) in [5.41, 5.74) is 0.473. The van der Waals surface area contributed by atoms with Crippen molar-refractivity contribution in [2.45, 2.75) is 4.90 Å². The highest BCUT2D eigenvalue weighted by Gasteiger charge is 2.18. The normalized spacial score (nSPS) is 11.1. The van der Waals surface area contributed by atoms with Crippen molar-refractivity contribution in [2.24, 2.45) is 0 Å². The zero-order chi connectivity index (χ0) is 18.6. The van der Waals surface area contributed by atoms with E-state index in [9.17, 15) is 13.2 Å². The van der Waals surface area contributed by atoms with E-state index < -0.39 is 10.0 Å². The number of sulfonamides is 1. The van der Waals surface area contributed by atoms with E-state index in [1.807, 2.05) is 24.3 Å². The Balaban J connectivity index is 1.94. The zero-order valence-electron chi connectivity index (χ0n) is 14.0. The molecular formula is C20H18N2O3S. The topological polar surface area (TPSA) is 75.3 Å². The molecule has 0 atom stereocenters. The largest absolute Gasteiger partial charge is 0.349 e. The van der Waals surface area contributed by atoms with Gasteiger partial charge >= 0.3 is 0 Å². The van der Waals surface area contributed by atoms with Crippen LogP contribution in [0.5, 0.6) is 0 Å². The van der Waals surface area contributed by atoms with Crippen LogP contribution in [0.15, 0.2) is 84.3 Å². The van der Waals surface area contributed by atoms with E-state index in [0.717, 1.165) is 10.8 Å². The van der Waals surface area contributed by atoms with Gasteiger partial charge in [0.1, 0.15) is 0 Å². The van der Waals surface area contributed by atoms with E-state index in [1.54, 1.807) is 48.5 Å². The van der Waals surface area contributed by atoms with Gasteiger partial charge in [-0.05, 0) is 35.0 Å². The maximum Gasteiger partial charge on any atom is 0.261 e. The van der Waals surface area contributed by atoms with Crippen LogP contribution in [-0.2, 0) is 10.0 Å².